The van der Waals surface area contributed by atoms with Crippen molar-refractivity contribution in [3.63, 3.8) is 0 Å². The number of nitrogens with one attached hydrogen (secondary N) is 1. The van der Waals surface area contributed by atoms with E-state index in [1.807, 2.05) is 19.4 Å². The molecule has 0 amide bonds. The summed E-state index contributed by atoms with van der Waals surface area (Å²) >= 11 is 0. The number of benzene rings is 1. The molecule has 1 aromatic carbocycles. The summed E-state index contributed by atoms with van der Waals surface area (Å²) in [7, 11) is 4.05. The molecule has 1 N–H and O–H groups in total. The highest BCUT2D eigenvalue weighted by molar-refractivity contribution is 5.82. The van der Waals surface area contributed by atoms with Crippen molar-refractivity contribution in [1.29, 1.82) is 0 Å². The maximum atomic E-state index is 5.01. The summed E-state index contributed by atoms with van der Waals surface area (Å²) in [5.41, 5.74) is 5.17. The first-order valence-corrected chi connectivity index (χ1v) is 8.06. The first-order valence-electron chi connectivity index (χ1n) is 8.06. The number of fused-ring (bicyclic) bond motifs is 1. The molecule has 0 saturated carbocycles. The van der Waals surface area contributed by atoms with Crippen molar-refractivity contribution in [2.45, 2.75) is 24.8 Å². The minimum atomic E-state index is -0.00810. The maximum absolute atomic E-state index is 5.01. The van der Waals surface area contributed by atoms with Crippen molar-refractivity contribution >= 4 is 5.96 Å². The van der Waals surface area contributed by atoms with Crippen LogP contribution in [0.15, 0.2) is 41.9 Å². The zero-order valence-corrected chi connectivity index (χ0v) is 13.6. The van der Waals surface area contributed by atoms with Gasteiger partial charge in [-0.25, -0.2) is 15.0 Å². The summed E-state index contributed by atoms with van der Waals surface area (Å²) in [5, 5.41) is 3.21. The number of guanidine groups is 1. The van der Waals surface area contributed by atoms with E-state index in [0.29, 0.717) is 0 Å². The summed E-state index contributed by atoms with van der Waals surface area (Å²) in [6.07, 6.45) is 8.52. The van der Waals surface area contributed by atoms with Crippen LogP contribution in [0.5, 0.6) is 0 Å². The molecule has 0 radical (unpaired) electrons. The second kappa shape index (κ2) is 5.33. The van der Waals surface area contributed by atoms with Gasteiger partial charge >= 0.3 is 0 Å². The molecule has 1 unspecified atom stereocenters. The molecule has 118 valence electrons. The monoisotopic (exact) mass is 307 g/mol. The summed E-state index contributed by atoms with van der Waals surface area (Å²) in [4.78, 5) is 15.6. The van der Waals surface area contributed by atoms with Crippen LogP contribution in [0.25, 0.3) is 11.1 Å². The van der Waals surface area contributed by atoms with E-state index in [2.05, 4.69) is 45.4 Å². The molecule has 0 bridgehead atoms. The van der Waals surface area contributed by atoms with Crippen molar-refractivity contribution in [3.05, 3.63) is 48.0 Å². The van der Waals surface area contributed by atoms with Crippen molar-refractivity contribution in [2.75, 3.05) is 20.6 Å². The molecule has 1 aliphatic carbocycles. The normalized spacial score (nSPS) is 22.9. The van der Waals surface area contributed by atoms with Crippen LogP contribution in [0.4, 0.5) is 0 Å². The largest absolute Gasteiger partial charge is 0.359 e. The van der Waals surface area contributed by atoms with Gasteiger partial charge < -0.3 is 10.2 Å². The third-order valence-electron chi connectivity index (χ3n) is 4.97. The number of hydrogen-bond donors (Lipinski definition) is 1. The summed E-state index contributed by atoms with van der Waals surface area (Å²) < 4.78 is 0. The highest BCUT2D eigenvalue weighted by Gasteiger charge is 2.41. The Balaban J connectivity index is 1.77. The molecular weight excluding hydrogens is 286 g/mol. The third-order valence-corrected chi connectivity index (χ3v) is 4.97. The van der Waals surface area contributed by atoms with Gasteiger partial charge in [0.05, 0.1) is 5.54 Å². The lowest BCUT2D eigenvalue weighted by Crippen LogP contribution is -2.40. The Morgan fingerprint density at radius 2 is 2.04 bits per heavy atom. The lowest BCUT2D eigenvalue weighted by molar-refractivity contribution is 0.334. The quantitative estimate of drug-likeness (QED) is 0.874. The van der Waals surface area contributed by atoms with E-state index in [1.54, 1.807) is 6.33 Å². The van der Waals surface area contributed by atoms with E-state index in [9.17, 15) is 0 Å². The molecule has 2 heterocycles. The SMILES string of the molecule is CNC1=NC2(CCc3cccc(-c4cncnc4)c3C2)CN1C. The molecule has 1 aromatic heterocycles. The van der Waals surface area contributed by atoms with E-state index >= 15 is 0 Å². The minimum absolute atomic E-state index is 0.00810. The van der Waals surface area contributed by atoms with E-state index in [4.69, 9.17) is 4.99 Å². The van der Waals surface area contributed by atoms with Crippen LogP contribution in [0, 0.1) is 0 Å². The topological polar surface area (TPSA) is 53.4 Å². The summed E-state index contributed by atoms with van der Waals surface area (Å²) in [6, 6.07) is 6.57. The van der Waals surface area contributed by atoms with E-state index in [-0.39, 0.29) is 5.54 Å². The number of hydrogen-bond acceptors (Lipinski definition) is 5. The fourth-order valence-corrected chi connectivity index (χ4v) is 3.91. The van der Waals surface area contributed by atoms with Gasteiger partial charge in [-0.05, 0) is 29.5 Å². The molecule has 5 heteroatoms. The Bertz CT molecular complexity index is 755. The highest BCUT2D eigenvalue weighted by Crippen LogP contribution is 2.39. The van der Waals surface area contributed by atoms with E-state index in [0.717, 1.165) is 37.3 Å². The fraction of sp³-hybridized carbons (Fsp3) is 0.389. The smallest absolute Gasteiger partial charge is 0.194 e. The molecule has 2 aliphatic rings. The van der Waals surface area contributed by atoms with Crippen LogP contribution < -0.4 is 5.32 Å². The molecule has 23 heavy (non-hydrogen) atoms. The van der Waals surface area contributed by atoms with Crippen LogP contribution in [-0.4, -0.2) is 47.0 Å². The molecule has 1 spiro atoms. The highest BCUT2D eigenvalue weighted by atomic mass is 15.3. The Morgan fingerprint density at radius 3 is 2.78 bits per heavy atom. The van der Waals surface area contributed by atoms with Gasteiger partial charge in [0.15, 0.2) is 5.96 Å². The Morgan fingerprint density at radius 1 is 1.22 bits per heavy atom. The molecule has 2 aromatic rings. The zero-order valence-electron chi connectivity index (χ0n) is 13.6. The molecule has 1 aliphatic heterocycles. The number of aryl methyl sites for hydroxylation is 1. The number of rotatable bonds is 1. The van der Waals surface area contributed by atoms with Gasteiger partial charge in [-0.2, -0.15) is 0 Å². The van der Waals surface area contributed by atoms with Gasteiger partial charge in [-0.1, -0.05) is 18.2 Å². The average Bonchev–Trinajstić information content (AvgIpc) is 2.90. The van der Waals surface area contributed by atoms with Crippen molar-refractivity contribution in [3.8, 4) is 11.1 Å². The van der Waals surface area contributed by atoms with E-state index < -0.39 is 0 Å². The van der Waals surface area contributed by atoms with Gasteiger partial charge in [0.25, 0.3) is 0 Å². The second-order valence-electron chi connectivity index (χ2n) is 6.51. The maximum Gasteiger partial charge on any atom is 0.194 e. The number of aliphatic imine (C=N–C) groups is 1. The molecule has 0 fully saturated rings. The summed E-state index contributed by atoms with van der Waals surface area (Å²) in [6.45, 7) is 0.974. The van der Waals surface area contributed by atoms with Crippen LogP contribution >= 0.6 is 0 Å². The summed E-state index contributed by atoms with van der Waals surface area (Å²) in [5.74, 6) is 0.994. The standard InChI is InChI=1S/C18H21N5/c1-19-17-22-18(11-23(17)2)7-6-13-4-3-5-15(16(13)8-18)14-9-20-12-21-10-14/h3-5,9-10,12H,6-8,11H2,1-2H3,(H,19,22). The Labute approximate surface area is 136 Å². The third kappa shape index (κ3) is 2.36. The predicted octanol–water partition coefficient (Wildman–Crippen LogP) is 1.89. The molecule has 5 nitrogen and oxygen atoms in total. The first kappa shape index (κ1) is 14.2. The first-order chi connectivity index (χ1) is 11.2. The van der Waals surface area contributed by atoms with Crippen LogP contribution in [-0.2, 0) is 12.8 Å². The van der Waals surface area contributed by atoms with Crippen molar-refractivity contribution < 1.29 is 0 Å². The lowest BCUT2D eigenvalue weighted by Gasteiger charge is -2.33. The molecular formula is C18H21N5. The van der Waals surface area contributed by atoms with E-state index in [1.165, 1.54) is 16.7 Å². The van der Waals surface area contributed by atoms with Gasteiger partial charge in [-0.3, -0.25) is 0 Å². The second-order valence-corrected chi connectivity index (χ2v) is 6.51. The molecule has 1 atom stereocenters. The Kier molecular flexibility index (Phi) is 3.29. The number of likely N-dealkylation sites (N-methyl/N-ethyl adjacent to an activating group) is 1. The fourth-order valence-electron chi connectivity index (χ4n) is 3.91. The van der Waals surface area contributed by atoms with Crippen molar-refractivity contribution in [2.24, 2.45) is 4.99 Å². The zero-order chi connectivity index (χ0) is 15.9. The molecule has 4 rings (SSSR count). The van der Waals surface area contributed by atoms with Gasteiger partial charge in [-0.15, -0.1) is 0 Å². The Hall–Kier alpha value is -2.43. The minimum Gasteiger partial charge on any atom is -0.359 e. The van der Waals surface area contributed by atoms with Gasteiger partial charge in [0.2, 0.25) is 0 Å². The van der Waals surface area contributed by atoms with Gasteiger partial charge in [0.1, 0.15) is 6.33 Å². The average molecular weight is 307 g/mol. The van der Waals surface area contributed by atoms with Crippen LogP contribution in [0.2, 0.25) is 0 Å². The van der Waals surface area contributed by atoms with Crippen molar-refractivity contribution in [1.82, 2.24) is 20.2 Å². The number of aromatic nitrogens is 2. The van der Waals surface area contributed by atoms with Crippen LogP contribution in [0.3, 0.4) is 0 Å². The molecule has 0 saturated heterocycles. The predicted molar refractivity (Wildman–Crippen MR) is 91.3 cm³/mol. The van der Waals surface area contributed by atoms with Crippen LogP contribution in [0.1, 0.15) is 17.5 Å². The lowest BCUT2D eigenvalue weighted by atomic mass is 9.76. The number of nitrogens with zero attached hydrogens (tertiary/aromatic N) is 4. The van der Waals surface area contributed by atoms with Gasteiger partial charge in [0, 0.05) is 45.0 Å².